The molecule has 2 aromatic heterocycles. The number of benzene rings is 2. The van der Waals surface area contributed by atoms with Crippen molar-refractivity contribution in [3.05, 3.63) is 80.6 Å². The van der Waals surface area contributed by atoms with E-state index in [1.807, 2.05) is 10.8 Å². The zero-order chi connectivity index (χ0) is 21.4. The van der Waals surface area contributed by atoms with Gasteiger partial charge in [-0.3, -0.25) is 14.8 Å². The molecular formula is C20H12Cl2F2N4OS. The Bertz CT molecular complexity index is 1260. The summed E-state index contributed by atoms with van der Waals surface area (Å²) < 4.78 is 30.3. The van der Waals surface area contributed by atoms with Crippen LogP contribution in [0.4, 0.5) is 8.78 Å². The fraction of sp³-hybridized carbons (Fsp3) is 0. The minimum atomic E-state index is -0.706. The van der Waals surface area contributed by atoms with Gasteiger partial charge in [-0.25, -0.2) is 19.6 Å². The number of halogens is 4. The van der Waals surface area contributed by atoms with Crippen LogP contribution >= 0.6 is 34.5 Å². The predicted octanol–water partition coefficient (Wildman–Crippen LogP) is 5.46. The minimum absolute atomic E-state index is 0.0581. The third kappa shape index (κ3) is 3.48. The van der Waals surface area contributed by atoms with Crippen LogP contribution in [0.25, 0.3) is 28.3 Å². The summed E-state index contributed by atoms with van der Waals surface area (Å²) in [4.78, 5) is 17.0. The summed E-state index contributed by atoms with van der Waals surface area (Å²) in [5, 5.41) is 3.35. The molecule has 3 N–H and O–H groups in total. The van der Waals surface area contributed by atoms with Crippen LogP contribution < -0.4 is 11.3 Å². The normalized spacial score (nSPS) is 11.0. The van der Waals surface area contributed by atoms with Crippen molar-refractivity contribution in [3.63, 3.8) is 0 Å². The minimum Gasteiger partial charge on any atom is -0.289 e. The van der Waals surface area contributed by atoms with Gasteiger partial charge in [0, 0.05) is 16.5 Å². The van der Waals surface area contributed by atoms with Crippen LogP contribution in [0, 0.1) is 11.6 Å². The van der Waals surface area contributed by atoms with Gasteiger partial charge < -0.3 is 0 Å². The first-order chi connectivity index (χ1) is 14.4. The molecule has 0 saturated heterocycles. The van der Waals surface area contributed by atoms with E-state index >= 15 is 4.39 Å². The van der Waals surface area contributed by atoms with Crippen molar-refractivity contribution in [2.45, 2.75) is 0 Å². The monoisotopic (exact) mass is 464 g/mol. The van der Waals surface area contributed by atoms with Gasteiger partial charge in [-0.2, -0.15) is 11.3 Å². The molecule has 0 bridgehead atoms. The summed E-state index contributed by atoms with van der Waals surface area (Å²) in [6.07, 6.45) is 0. The summed E-state index contributed by atoms with van der Waals surface area (Å²) in [7, 11) is 0. The number of nitrogen functional groups attached to an aromatic ring is 1. The highest BCUT2D eigenvalue weighted by Gasteiger charge is 2.27. The summed E-state index contributed by atoms with van der Waals surface area (Å²) >= 11 is 13.4. The number of nitrogens with one attached hydrogen (secondary N) is 1. The molecule has 2 aromatic carbocycles. The molecule has 4 aromatic rings. The Balaban J connectivity index is 2.14. The number of aromatic nitrogens is 2. The molecule has 0 atom stereocenters. The lowest BCUT2D eigenvalue weighted by atomic mass is 10.1. The molecule has 5 nitrogen and oxygen atoms in total. The van der Waals surface area contributed by atoms with Crippen molar-refractivity contribution in [2.24, 2.45) is 5.84 Å². The molecule has 10 heteroatoms. The fourth-order valence-electron chi connectivity index (χ4n) is 3.04. The van der Waals surface area contributed by atoms with E-state index in [4.69, 9.17) is 29.0 Å². The molecule has 0 radical (unpaired) electrons. The van der Waals surface area contributed by atoms with Crippen molar-refractivity contribution in [2.75, 3.05) is 0 Å². The molecule has 0 aliphatic heterocycles. The second-order valence-electron chi connectivity index (χ2n) is 6.16. The highest BCUT2D eigenvalue weighted by Crippen LogP contribution is 2.37. The van der Waals surface area contributed by atoms with Crippen molar-refractivity contribution >= 4 is 40.4 Å². The SMILES string of the molecule is NNC(=O)c1nc(-c2ccsc2)n(-c2cccc(Cl)c2F)c1-c1ccc(F)c(Cl)c1. The molecular weight excluding hydrogens is 453 g/mol. The highest BCUT2D eigenvalue weighted by atomic mass is 35.5. The molecule has 0 spiro atoms. The summed E-state index contributed by atoms with van der Waals surface area (Å²) in [5.74, 6) is 3.58. The zero-order valence-corrected chi connectivity index (χ0v) is 17.3. The molecule has 1 amide bonds. The lowest BCUT2D eigenvalue weighted by Crippen LogP contribution is -2.30. The lowest BCUT2D eigenvalue weighted by molar-refractivity contribution is 0.0950. The molecule has 4 rings (SSSR count). The Kier molecular flexibility index (Phi) is 5.57. The van der Waals surface area contributed by atoms with E-state index in [1.54, 1.807) is 17.5 Å². The van der Waals surface area contributed by atoms with E-state index < -0.39 is 17.5 Å². The second-order valence-corrected chi connectivity index (χ2v) is 7.75. The highest BCUT2D eigenvalue weighted by molar-refractivity contribution is 7.08. The smallest absolute Gasteiger partial charge is 0.286 e. The van der Waals surface area contributed by atoms with Gasteiger partial charge in [0.25, 0.3) is 5.91 Å². The first kappa shape index (κ1) is 20.5. The Hall–Kier alpha value is -2.78. The van der Waals surface area contributed by atoms with Crippen molar-refractivity contribution in [3.8, 4) is 28.3 Å². The number of carbonyl (C=O) groups is 1. The van der Waals surface area contributed by atoms with E-state index in [9.17, 15) is 9.18 Å². The number of thiophene rings is 1. The van der Waals surface area contributed by atoms with Crippen molar-refractivity contribution < 1.29 is 13.6 Å². The summed E-state index contributed by atoms with van der Waals surface area (Å²) in [6, 6.07) is 10.2. The Labute approximate surface area is 183 Å². The molecule has 2 heterocycles. The van der Waals surface area contributed by atoms with Crippen LogP contribution in [0.1, 0.15) is 10.5 Å². The van der Waals surface area contributed by atoms with Gasteiger partial charge in [0.2, 0.25) is 0 Å². The molecule has 0 saturated carbocycles. The molecule has 30 heavy (non-hydrogen) atoms. The largest absolute Gasteiger partial charge is 0.289 e. The lowest BCUT2D eigenvalue weighted by Gasteiger charge is -2.14. The van der Waals surface area contributed by atoms with E-state index in [0.29, 0.717) is 11.1 Å². The maximum Gasteiger partial charge on any atom is 0.286 e. The van der Waals surface area contributed by atoms with Crippen LogP contribution in [0.15, 0.2) is 53.2 Å². The van der Waals surface area contributed by atoms with Crippen LogP contribution in [0.5, 0.6) is 0 Å². The topological polar surface area (TPSA) is 72.9 Å². The van der Waals surface area contributed by atoms with E-state index in [-0.39, 0.29) is 32.9 Å². The van der Waals surface area contributed by atoms with E-state index in [1.165, 1.54) is 40.2 Å². The zero-order valence-electron chi connectivity index (χ0n) is 15.0. The number of carbonyl (C=O) groups excluding carboxylic acids is 1. The van der Waals surface area contributed by atoms with Crippen LogP contribution in [-0.4, -0.2) is 15.5 Å². The number of amides is 1. The van der Waals surface area contributed by atoms with Crippen LogP contribution in [0.2, 0.25) is 10.0 Å². The average molecular weight is 465 g/mol. The number of nitrogens with zero attached hydrogens (tertiary/aromatic N) is 2. The Morgan fingerprint density at radius 2 is 1.90 bits per heavy atom. The molecule has 0 aliphatic rings. The van der Waals surface area contributed by atoms with Gasteiger partial charge in [-0.1, -0.05) is 29.3 Å². The maximum absolute atomic E-state index is 15.1. The average Bonchev–Trinajstić information content (AvgIpc) is 3.39. The Morgan fingerprint density at radius 1 is 1.10 bits per heavy atom. The number of imidazole rings is 1. The van der Waals surface area contributed by atoms with Crippen LogP contribution in [-0.2, 0) is 0 Å². The van der Waals surface area contributed by atoms with Crippen LogP contribution in [0.3, 0.4) is 0 Å². The number of hydrogen-bond donors (Lipinski definition) is 2. The van der Waals surface area contributed by atoms with Gasteiger partial charge >= 0.3 is 0 Å². The number of nitrogens with two attached hydrogens (primary N) is 1. The summed E-state index contributed by atoms with van der Waals surface area (Å²) in [5.41, 5.74) is 3.18. The number of hydrogen-bond acceptors (Lipinski definition) is 4. The fourth-order valence-corrected chi connectivity index (χ4v) is 4.03. The van der Waals surface area contributed by atoms with Gasteiger partial charge in [0.05, 0.1) is 21.4 Å². The van der Waals surface area contributed by atoms with Gasteiger partial charge in [-0.15, -0.1) is 0 Å². The number of rotatable bonds is 4. The molecule has 0 fully saturated rings. The first-order valence-electron chi connectivity index (χ1n) is 8.48. The molecule has 0 unspecified atom stereocenters. The first-order valence-corrected chi connectivity index (χ1v) is 10.2. The maximum atomic E-state index is 15.1. The third-order valence-corrected chi connectivity index (χ3v) is 5.63. The summed E-state index contributed by atoms with van der Waals surface area (Å²) in [6.45, 7) is 0. The van der Waals surface area contributed by atoms with E-state index in [2.05, 4.69) is 4.98 Å². The standard InChI is InChI=1S/C20H12Cl2F2N4OS/c21-12-2-1-3-15(16(12)24)28-18(10-4-5-14(23)13(22)8-10)17(20(29)27-25)26-19(28)11-6-7-30-9-11/h1-9H,25H2,(H,27,29). The third-order valence-electron chi connectivity index (χ3n) is 4.37. The Morgan fingerprint density at radius 3 is 2.57 bits per heavy atom. The number of hydrazine groups is 1. The van der Waals surface area contributed by atoms with E-state index in [0.717, 1.165) is 6.07 Å². The molecule has 152 valence electrons. The predicted molar refractivity (Wildman–Crippen MR) is 114 cm³/mol. The van der Waals surface area contributed by atoms with Gasteiger partial charge in [0.15, 0.2) is 11.5 Å². The van der Waals surface area contributed by atoms with Crippen molar-refractivity contribution in [1.82, 2.24) is 15.0 Å². The molecule has 0 aliphatic carbocycles. The van der Waals surface area contributed by atoms with Crippen molar-refractivity contribution in [1.29, 1.82) is 0 Å². The quantitative estimate of drug-likeness (QED) is 0.239. The second kappa shape index (κ2) is 8.16. The van der Waals surface area contributed by atoms with Gasteiger partial charge in [0.1, 0.15) is 11.6 Å². The van der Waals surface area contributed by atoms with Gasteiger partial charge in [-0.05, 0) is 41.8 Å².